The molecule has 0 aliphatic rings. The molecule has 0 unspecified atom stereocenters. The predicted molar refractivity (Wildman–Crippen MR) is 81.2 cm³/mol. The minimum Gasteiger partial charge on any atom is -0.508 e. The van der Waals surface area contributed by atoms with Gasteiger partial charge in [-0.2, -0.15) is 0 Å². The molecule has 0 amide bonds. The summed E-state index contributed by atoms with van der Waals surface area (Å²) in [5.74, 6) is 0.501. The third-order valence-corrected chi connectivity index (χ3v) is 3.08. The summed E-state index contributed by atoms with van der Waals surface area (Å²) < 4.78 is 5.57. The van der Waals surface area contributed by atoms with Crippen molar-refractivity contribution in [3.63, 3.8) is 0 Å². The van der Waals surface area contributed by atoms with Gasteiger partial charge in [0, 0.05) is 6.07 Å². The Balaban J connectivity index is 2.02. The quantitative estimate of drug-likeness (QED) is 0.755. The van der Waals surface area contributed by atoms with Crippen molar-refractivity contribution >= 4 is 23.1 Å². The van der Waals surface area contributed by atoms with E-state index in [-0.39, 0.29) is 22.3 Å². The van der Waals surface area contributed by atoms with E-state index in [9.17, 15) is 15.0 Å². The molecular weight excluding hydrogens is 268 g/mol. The third kappa shape index (κ3) is 2.65. The van der Waals surface area contributed by atoms with Crippen molar-refractivity contribution in [2.45, 2.75) is 0 Å². The normalized spacial score (nSPS) is 11.2. The lowest BCUT2D eigenvalue weighted by atomic mass is 10.1. The second kappa shape index (κ2) is 5.17. The van der Waals surface area contributed by atoms with Crippen molar-refractivity contribution in [2.75, 3.05) is 0 Å². The zero-order valence-corrected chi connectivity index (χ0v) is 11.0. The summed E-state index contributed by atoms with van der Waals surface area (Å²) in [7, 11) is 0. The van der Waals surface area contributed by atoms with Gasteiger partial charge in [0.2, 0.25) is 0 Å². The minimum atomic E-state index is -0.292. The van der Waals surface area contributed by atoms with Crippen LogP contribution in [0, 0.1) is 0 Å². The molecule has 4 heteroatoms. The van der Waals surface area contributed by atoms with Crippen LogP contribution in [0.5, 0.6) is 11.5 Å². The molecule has 1 heterocycles. The van der Waals surface area contributed by atoms with Gasteiger partial charge in [-0.15, -0.1) is 0 Å². The van der Waals surface area contributed by atoms with Gasteiger partial charge in [-0.3, -0.25) is 4.79 Å². The van der Waals surface area contributed by atoms with Crippen LogP contribution in [0.15, 0.2) is 57.7 Å². The van der Waals surface area contributed by atoms with Gasteiger partial charge in [-0.05, 0) is 35.9 Å². The second-order valence-electron chi connectivity index (χ2n) is 4.59. The summed E-state index contributed by atoms with van der Waals surface area (Å²) >= 11 is 0. The first-order chi connectivity index (χ1) is 10.1. The molecule has 3 aromatic rings. The molecule has 0 saturated heterocycles. The monoisotopic (exact) mass is 280 g/mol. The highest BCUT2D eigenvalue weighted by molar-refractivity contribution is 5.84. The highest BCUT2D eigenvalue weighted by atomic mass is 16.3. The summed E-state index contributed by atoms with van der Waals surface area (Å²) in [4.78, 5) is 12.0. The Labute approximate surface area is 120 Å². The number of phenolic OH excluding ortho intramolecular Hbond substituents is 2. The Morgan fingerprint density at radius 2 is 1.71 bits per heavy atom. The maximum Gasteiger partial charge on any atom is 0.197 e. The first-order valence-electron chi connectivity index (χ1n) is 6.36. The van der Waals surface area contributed by atoms with Crippen molar-refractivity contribution in [1.29, 1.82) is 0 Å². The largest absolute Gasteiger partial charge is 0.508 e. The van der Waals surface area contributed by atoms with Crippen molar-refractivity contribution < 1.29 is 14.6 Å². The molecule has 0 aliphatic heterocycles. The average molecular weight is 280 g/mol. The topological polar surface area (TPSA) is 70.7 Å². The fourth-order valence-electron chi connectivity index (χ4n) is 2.06. The van der Waals surface area contributed by atoms with Crippen LogP contribution in [-0.2, 0) is 0 Å². The molecule has 0 saturated carbocycles. The van der Waals surface area contributed by atoms with E-state index in [1.165, 1.54) is 12.1 Å². The van der Waals surface area contributed by atoms with Crippen LogP contribution in [0.25, 0.3) is 23.1 Å². The summed E-state index contributed by atoms with van der Waals surface area (Å²) in [6.45, 7) is 0. The molecule has 21 heavy (non-hydrogen) atoms. The van der Waals surface area contributed by atoms with E-state index in [0.29, 0.717) is 11.3 Å². The predicted octanol–water partition coefficient (Wildman–Crippen LogP) is 3.37. The van der Waals surface area contributed by atoms with Crippen molar-refractivity contribution in [1.82, 2.24) is 0 Å². The van der Waals surface area contributed by atoms with Crippen molar-refractivity contribution in [3.8, 4) is 11.5 Å². The number of fused-ring (bicyclic) bond motifs is 1. The molecule has 0 atom stereocenters. The molecule has 2 aromatic carbocycles. The summed E-state index contributed by atoms with van der Waals surface area (Å²) in [6.07, 6.45) is 3.43. The fraction of sp³-hybridized carbons (Fsp3) is 0. The van der Waals surface area contributed by atoms with Crippen LogP contribution in [0.4, 0.5) is 0 Å². The molecule has 4 nitrogen and oxygen atoms in total. The number of aromatic hydroxyl groups is 2. The fourth-order valence-corrected chi connectivity index (χ4v) is 2.06. The molecule has 0 fully saturated rings. The summed E-state index contributed by atoms with van der Waals surface area (Å²) in [6, 6.07) is 12.7. The SMILES string of the molecule is O=c1cc(/C=C/c2ccc(O)cc2)oc2cccc(O)c12. The third-order valence-electron chi connectivity index (χ3n) is 3.08. The summed E-state index contributed by atoms with van der Waals surface area (Å²) in [5.41, 5.74) is 0.916. The van der Waals surface area contributed by atoms with Gasteiger partial charge >= 0.3 is 0 Å². The number of hydrogen-bond donors (Lipinski definition) is 2. The molecular formula is C17H12O4. The zero-order valence-electron chi connectivity index (χ0n) is 11.0. The molecule has 0 aliphatic carbocycles. The van der Waals surface area contributed by atoms with E-state index >= 15 is 0 Å². The highest BCUT2D eigenvalue weighted by Gasteiger charge is 2.06. The van der Waals surface area contributed by atoms with Crippen LogP contribution in [-0.4, -0.2) is 10.2 Å². The number of hydrogen-bond acceptors (Lipinski definition) is 4. The van der Waals surface area contributed by atoms with Crippen LogP contribution in [0.2, 0.25) is 0 Å². The van der Waals surface area contributed by atoms with E-state index in [1.54, 1.807) is 48.6 Å². The summed E-state index contributed by atoms with van der Waals surface area (Å²) in [5, 5.41) is 19.1. The van der Waals surface area contributed by atoms with Gasteiger partial charge in [-0.25, -0.2) is 0 Å². The molecule has 0 bridgehead atoms. The van der Waals surface area contributed by atoms with Crippen LogP contribution in [0.3, 0.4) is 0 Å². The lowest BCUT2D eigenvalue weighted by Crippen LogP contribution is -2.00. The molecule has 2 N–H and O–H groups in total. The van der Waals surface area contributed by atoms with E-state index in [2.05, 4.69) is 0 Å². The Morgan fingerprint density at radius 3 is 2.48 bits per heavy atom. The standard InChI is InChI=1S/C17H12O4/c18-12-7-4-11(5-8-12)6-9-13-10-15(20)17-14(19)2-1-3-16(17)21-13/h1-10,18-19H/b9-6+. The minimum absolute atomic E-state index is 0.0877. The first-order valence-corrected chi connectivity index (χ1v) is 6.36. The van der Waals surface area contributed by atoms with E-state index in [0.717, 1.165) is 5.56 Å². The first kappa shape index (κ1) is 13.0. The maximum atomic E-state index is 12.0. The molecule has 0 spiro atoms. The van der Waals surface area contributed by atoms with E-state index < -0.39 is 0 Å². The van der Waals surface area contributed by atoms with Crippen LogP contribution < -0.4 is 5.43 Å². The van der Waals surface area contributed by atoms with Gasteiger partial charge in [-0.1, -0.05) is 24.3 Å². The number of benzene rings is 2. The second-order valence-corrected chi connectivity index (χ2v) is 4.59. The number of rotatable bonds is 2. The van der Waals surface area contributed by atoms with Crippen LogP contribution >= 0.6 is 0 Å². The molecule has 3 rings (SSSR count). The maximum absolute atomic E-state index is 12.0. The lowest BCUT2D eigenvalue weighted by Gasteiger charge is -2.01. The van der Waals surface area contributed by atoms with Crippen molar-refractivity contribution in [2.24, 2.45) is 0 Å². The van der Waals surface area contributed by atoms with E-state index in [4.69, 9.17) is 4.42 Å². The average Bonchev–Trinajstić information content (AvgIpc) is 2.46. The van der Waals surface area contributed by atoms with Crippen LogP contribution in [0.1, 0.15) is 11.3 Å². The smallest absolute Gasteiger partial charge is 0.197 e. The molecule has 0 radical (unpaired) electrons. The van der Waals surface area contributed by atoms with E-state index in [1.807, 2.05) is 0 Å². The van der Waals surface area contributed by atoms with Gasteiger partial charge in [0.25, 0.3) is 0 Å². The van der Waals surface area contributed by atoms with Crippen molar-refractivity contribution in [3.05, 3.63) is 70.1 Å². The molecule has 1 aromatic heterocycles. The van der Waals surface area contributed by atoms with Gasteiger partial charge in [0.1, 0.15) is 28.2 Å². The Bertz CT molecular complexity index is 873. The molecule has 104 valence electrons. The van der Waals surface area contributed by atoms with Gasteiger partial charge in [0.05, 0.1) is 0 Å². The van der Waals surface area contributed by atoms with Gasteiger partial charge < -0.3 is 14.6 Å². The Morgan fingerprint density at radius 1 is 0.952 bits per heavy atom. The lowest BCUT2D eigenvalue weighted by molar-refractivity contribution is 0.475. The number of phenols is 2. The highest BCUT2D eigenvalue weighted by Crippen LogP contribution is 2.22. The zero-order chi connectivity index (χ0) is 14.8. The Kier molecular flexibility index (Phi) is 3.20. The Hall–Kier alpha value is -3.01. The van der Waals surface area contributed by atoms with Gasteiger partial charge in [0.15, 0.2) is 5.43 Å².